The second-order valence-electron chi connectivity index (χ2n) is 5.21. The number of carbonyl (C=O) groups excluding carboxylic acids is 2. The largest absolute Gasteiger partial charge is 0.346 e. The maximum atomic E-state index is 11.8. The Bertz CT molecular complexity index is 831. The monoisotopic (exact) mass is 309 g/mol. The highest BCUT2D eigenvalue weighted by atomic mass is 16.2. The molecular formula is C16H15N5O2. The fraction of sp³-hybridized carbons (Fsp3) is 0.250. The van der Waals surface area contributed by atoms with E-state index in [9.17, 15) is 9.59 Å². The molecule has 1 aliphatic heterocycles. The average Bonchev–Trinajstić information content (AvgIpc) is 3.03. The fourth-order valence-corrected chi connectivity index (χ4v) is 2.76. The van der Waals surface area contributed by atoms with E-state index in [4.69, 9.17) is 5.26 Å². The first kappa shape index (κ1) is 14.8. The SMILES string of the molecule is N#CCC(=O)N1CC=C(c2cc(NC=O)nc3[nH]ccc23)CC1. The molecule has 3 heterocycles. The van der Waals surface area contributed by atoms with E-state index in [0.717, 1.165) is 16.5 Å². The predicted molar refractivity (Wildman–Crippen MR) is 85.2 cm³/mol. The summed E-state index contributed by atoms with van der Waals surface area (Å²) in [4.78, 5) is 31.5. The Balaban J connectivity index is 1.91. The third kappa shape index (κ3) is 2.92. The van der Waals surface area contributed by atoms with Gasteiger partial charge in [0, 0.05) is 24.7 Å². The van der Waals surface area contributed by atoms with E-state index in [0.29, 0.717) is 37.4 Å². The number of nitrogens with zero attached hydrogens (tertiary/aromatic N) is 3. The number of hydrogen-bond donors (Lipinski definition) is 2. The van der Waals surface area contributed by atoms with Gasteiger partial charge in [0.25, 0.3) is 0 Å². The zero-order valence-corrected chi connectivity index (χ0v) is 12.4. The van der Waals surface area contributed by atoms with E-state index >= 15 is 0 Å². The molecule has 7 heteroatoms. The van der Waals surface area contributed by atoms with Crippen molar-refractivity contribution in [1.29, 1.82) is 5.26 Å². The van der Waals surface area contributed by atoms with Crippen LogP contribution in [0.1, 0.15) is 18.4 Å². The molecule has 23 heavy (non-hydrogen) atoms. The van der Waals surface area contributed by atoms with E-state index in [1.165, 1.54) is 0 Å². The molecule has 0 aliphatic carbocycles. The van der Waals surface area contributed by atoms with Gasteiger partial charge in [-0.1, -0.05) is 6.08 Å². The Hall–Kier alpha value is -3.14. The molecule has 0 unspecified atom stereocenters. The van der Waals surface area contributed by atoms with E-state index in [2.05, 4.69) is 15.3 Å². The molecule has 3 rings (SSSR count). The minimum Gasteiger partial charge on any atom is -0.346 e. The Labute approximate surface area is 132 Å². The van der Waals surface area contributed by atoms with E-state index < -0.39 is 0 Å². The average molecular weight is 309 g/mol. The van der Waals surface area contributed by atoms with Crippen LogP contribution in [0.4, 0.5) is 5.82 Å². The standard InChI is InChI=1S/C16H15N5O2/c17-5-1-15(23)21-7-3-11(4-8-21)13-9-14(19-10-22)20-16-12(13)2-6-18-16/h2-3,6,9-10H,1,4,7-8H2,(H2,18,19,20,22). The number of rotatable bonds is 4. The van der Waals surface area contributed by atoms with Crippen molar-refractivity contribution in [2.75, 3.05) is 18.4 Å². The molecule has 0 saturated carbocycles. The van der Waals surface area contributed by atoms with Gasteiger partial charge in [0.05, 0.1) is 6.07 Å². The second-order valence-corrected chi connectivity index (χ2v) is 5.21. The zero-order chi connectivity index (χ0) is 16.2. The molecule has 0 aromatic carbocycles. The minimum absolute atomic E-state index is 0.0894. The van der Waals surface area contributed by atoms with Gasteiger partial charge in [-0.15, -0.1) is 0 Å². The molecule has 0 radical (unpaired) electrons. The van der Waals surface area contributed by atoms with Gasteiger partial charge in [-0.3, -0.25) is 9.59 Å². The van der Waals surface area contributed by atoms with Gasteiger partial charge < -0.3 is 15.2 Å². The van der Waals surface area contributed by atoms with E-state index in [1.807, 2.05) is 24.3 Å². The maximum Gasteiger partial charge on any atom is 0.237 e. The van der Waals surface area contributed by atoms with Gasteiger partial charge in [0.1, 0.15) is 17.9 Å². The van der Waals surface area contributed by atoms with Crippen molar-refractivity contribution >= 4 is 34.7 Å². The minimum atomic E-state index is -0.146. The molecule has 2 aromatic heterocycles. The van der Waals surface area contributed by atoms with Crippen molar-refractivity contribution in [2.24, 2.45) is 0 Å². The first-order valence-electron chi connectivity index (χ1n) is 7.25. The van der Waals surface area contributed by atoms with Crippen molar-refractivity contribution in [3.05, 3.63) is 30.0 Å². The van der Waals surface area contributed by atoms with Crippen molar-refractivity contribution in [1.82, 2.24) is 14.9 Å². The molecular weight excluding hydrogens is 294 g/mol. The van der Waals surface area contributed by atoms with Gasteiger partial charge in [0.15, 0.2) is 0 Å². The van der Waals surface area contributed by atoms with Gasteiger partial charge in [0.2, 0.25) is 12.3 Å². The third-order valence-corrected chi connectivity index (χ3v) is 3.87. The molecule has 2 N–H and O–H groups in total. The number of nitrogens with one attached hydrogen (secondary N) is 2. The number of aromatic nitrogens is 2. The number of H-pyrrole nitrogens is 1. The van der Waals surface area contributed by atoms with Crippen molar-refractivity contribution in [3.63, 3.8) is 0 Å². The lowest BCUT2D eigenvalue weighted by molar-refractivity contribution is -0.129. The summed E-state index contributed by atoms with van der Waals surface area (Å²) in [6.07, 6.45) is 5.00. The number of nitriles is 1. The van der Waals surface area contributed by atoms with Crippen molar-refractivity contribution in [3.8, 4) is 6.07 Å². The third-order valence-electron chi connectivity index (χ3n) is 3.87. The summed E-state index contributed by atoms with van der Waals surface area (Å²) in [5.74, 6) is 0.335. The number of fused-ring (bicyclic) bond motifs is 1. The highest BCUT2D eigenvalue weighted by Crippen LogP contribution is 2.30. The van der Waals surface area contributed by atoms with Gasteiger partial charge in [-0.05, 0) is 29.7 Å². The van der Waals surface area contributed by atoms with Crippen LogP contribution >= 0.6 is 0 Å². The predicted octanol–water partition coefficient (Wildman–Crippen LogP) is 1.66. The highest BCUT2D eigenvalue weighted by molar-refractivity contribution is 5.93. The van der Waals surface area contributed by atoms with Crippen LogP contribution in [0.25, 0.3) is 16.6 Å². The first-order chi connectivity index (χ1) is 11.2. The Morgan fingerprint density at radius 1 is 1.57 bits per heavy atom. The molecule has 0 saturated heterocycles. The summed E-state index contributed by atoms with van der Waals surface area (Å²) in [6.45, 7) is 1.07. The maximum absolute atomic E-state index is 11.8. The zero-order valence-electron chi connectivity index (χ0n) is 12.4. The molecule has 1 aliphatic rings. The summed E-state index contributed by atoms with van der Waals surface area (Å²) in [5.41, 5.74) is 2.80. The Morgan fingerprint density at radius 2 is 2.43 bits per heavy atom. The van der Waals surface area contributed by atoms with E-state index in [-0.39, 0.29) is 12.3 Å². The number of anilines is 1. The van der Waals surface area contributed by atoms with Crippen LogP contribution in [0.5, 0.6) is 0 Å². The molecule has 0 fully saturated rings. The summed E-state index contributed by atoms with van der Waals surface area (Å²) in [5, 5.41) is 12.2. The normalized spacial score (nSPS) is 14.2. The summed E-state index contributed by atoms with van der Waals surface area (Å²) in [6, 6.07) is 5.66. The van der Waals surface area contributed by atoms with Crippen LogP contribution in [-0.2, 0) is 9.59 Å². The molecule has 0 atom stereocenters. The molecule has 7 nitrogen and oxygen atoms in total. The highest BCUT2D eigenvalue weighted by Gasteiger charge is 2.19. The quantitative estimate of drug-likeness (QED) is 0.838. The lowest BCUT2D eigenvalue weighted by Gasteiger charge is -2.26. The number of carbonyl (C=O) groups is 2. The molecule has 116 valence electrons. The smallest absolute Gasteiger partial charge is 0.237 e. The lowest BCUT2D eigenvalue weighted by Crippen LogP contribution is -2.34. The first-order valence-corrected chi connectivity index (χ1v) is 7.25. The number of pyridine rings is 1. The number of aromatic amines is 1. The van der Waals surface area contributed by atoms with E-state index in [1.54, 1.807) is 11.1 Å². The van der Waals surface area contributed by atoms with Gasteiger partial charge in [-0.25, -0.2) is 4.98 Å². The van der Waals surface area contributed by atoms with Crippen LogP contribution in [0.2, 0.25) is 0 Å². The van der Waals surface area contributed by atoms with Crippen LogP contribution < -0.4 is 5.32 Å². The van der Waals surface area contributed by atoms with Gasteiger partial charge in [-0.2, -0.15) is 5.26 Å². The Morgan fingerprint density at radius 3 is 3.13 bits per heavy atom. The molecule has 2 amide bonds. The van der Waals surface area contributed by atoms with Crippen LogP contribution in [0, 0.1) is 11.3 Å². The van der Waals surface area contributed by atoms with Crippen LogP contribution in [0.15, 0.2) is 24.4 Å². The van der Waals surface area contributed by atoms with Crippen LogP contribution in [-0.4, -0.2) is 40.3 Å². The topological polar surface area (TPSA) is 102 Å². The lowest BCUT2D eigenvalue weighted by atomic mass is 9.97. The summed E-state index contributed by atoms with van der Waals surface area (Å²) in [7, 11) is 0. The number of hydrogen-bond acceptors (Lipinski definition) is 4. The number of amides is 2. The summed E-state index contributed by atoms with van der Waals surface area (Å²) >= 11 is 0. The van der Waals surface area contributed by atoms with Crippen molar-refractivity contribution in [2.45, 2.75) is 12.8 Å². The molecule has 0 bridgehead atoms. The molecule has 0 spiro atoms. The second kappa shape index (κ2) is 6.32. The Kier molecular flexibility index (Phi) is 4.06. The van der Waals surface area contributed by atoms with Crippen LogP contribution in [0.3, 0.4) is 0 Å². The van der Waals surface area contributed by atoms with Gasteiger partial charge >= 0.3 is 0 Å². The summed E-state index contributed by atoms with van der Waals surface area (Å²) < 4.78 is 0. The fourth-order valence-electron chi connectivity index (χ4n) is 2.76. The van der Waals surface area contributed by atoms with Crippen molar-refractivity contribution < 1.29 is 9.59 Å². The molecule has 2 aromatic rings.